The molecule has 2 rings (SSSR count). The Hall–Kier alpha value is -2.04. The molecule has 1 amide bonds. The average molecular weight is 277 g/mol. The predicted octanol–water partition coefficient (Wildman–Crippen LogP) is 2.51. The number of carbonyl (C=O) groups is 2. The van der Waals surface area contributed by atoms with Crippen LogP contribution in [-0.2, 0) is 16.1 Å². The highest BCUT2D eigenvalue weighted by molar-refractivity contribution is 5.80. The van der Waals surface area contributed by atoms with Crippen LogP contribution in [0.15, 0.2) is 30.3 Å². The first kappa shape index (κ1) is 14.4. The summed E-state index contributed by atoms with van der Waals surface area (Å²) in [6, 6.07) is 8.58. The first-order valence-corrected chi connectivity index (χ1v) is 6.78. The number of hydrogen-bond acceptors (Lipinski definition) is 3. The van der Waals surface area contributed by atoms with E-state index >= 15 is 0 Å². The maximum atomic E-state index is 12.1. The van der Waals surface area contributed by atoms with Crippen molar-refractivity contribution in [3.63, 3.8) is 0 Å². The van der Waals surface area contributed by atoms with Crippen LogP contribution >= 0.6 is 0 Å². The van der Waals surface area contributed by atoms with Crippen LogP contribution in [0.1, 0.15) is 25.3 Å². The van der Waals surface area contributed by atoms with Gasteiger partial charge in [0.25, 0.3) is 0 Å². The SMILES string of the molecule is C[C@H]1CC[C@@H](C(=O)O)N(C(=O)OCc2ccccc2)C1. The summed E-state index contributed by atoms with van der Waals surface area (Å²) in [6.07, 6.45) is 0.754. The summed E-state index contributed by atoms with van der Waals surface area (Å²) in [6.45, 7) is 2.61. The summed E-state index contributed by atoms with van der Waals surface area (Å²) in [5.74, 6) is -0.663. The monoisotopic (exact) mass is 277 g/mol. The lowest BCUT2D eigenvalue weighted by Gasteiger charge is -2.35. The van der Waals surface area contributed by atoms with Crippen LogP contribution < -0.4 is 0 Å². The number of carboxylic acid groups (broad SMARTS) is 1. The number of likely N-dealkylation sites (tertiary alicyclic amines) is 1. The third-order valence-electron chi connectivity index (χ3n) is 3.54. The molecular weight excluding hydrogens is 258 g/mol. The summed E-state index contributed by atoms with van der Waals surface area (Å²) >= 11 is 0. The van der Waals surface area contributed by atoms with Gasteiger partial charge >= 0.3 is 12.1 Å². The first-order valence-electron chi connectivity index (χ1n) is 6.78. The molecule has 0 unspecified atom stereocenters. The molecule has 1 N–H and O–H groups in total. The summed E-state index contributed by atoms with van der Waals surface area (Å²) in [7, 11) is 0. The van der Waals surface area contributed by atoms with E-state index in [1.165, 1.54) is 4.90 Å². The maximum absolute atomic E-state index is 12.1. The Morgan fingerprint density at radius 2 is 2.00 bits per heavy atom. The van der Waals surface area contributed by atoms with E-state index in [4.69, 9.17) is 4.74 Å². The van der Waals surface area contributed by atoms with Crippen molar-refractivity contribution in [2.45, 2.75) is 32.4 Å². The number of benzene rings is 1. The predicted molar refractivity (Wildman–Crippen MR) is 73.2 cm³/mol. The lowest BCUT2D eigenvalue weighted by atomic mass is 9.95. The van der Waals surface area contributed by atoms with Crippen molar-refractivity contribution in [2.75, 3.05) is 6.54 Å². The molecule has 108 valence electrons. The molecular formula is C15H19NO4. The van der Waals surface area contributed by atoms with Crippen LogP contribution in [0, 0.1) is 5.92 Å². The molecule has 1 aliphatic rings. The fourth-order valence-corrected chi connectivity index (χ4v) is 2.41. The largest absolute Gasteiger partial charge is 0.480 e. The molecule has 1 fully saturated rings. The summed E-state index contributed by atoms with van der Waals surface area (Å²) < 4.78 is 5.22. The van der Waals surface area contributed by atoms with Crippen LogP contribution in [0.3, 0.4) is 0 Å². The molecule has 2 atom stereocenters. The van der Waals surface area contributed by atoms with Crippen LogP contribution in [0.2, 0.25) is 0 Å². The van der Waals surface area contributed by atoms with Gasteiger partial charge in [-0.25, -0.2) is 9.59 Å². The van der Waals surface area contributed by atoms with Crippen LogP contribution in [0.5, 0.6) is 0 Å². The van der Waals surface area contributed by atoms with Gasteiger partial charge in [0.2, 0.25) is 0 Å². The quantitative estimate of drug-likeness (QED) is 0.921. The first-order chi connectivity index (χ1) is 9.58. The fourth-order valence-electron chi connectivity index (χ4n) is 2.41. The van der Waals surface area contributed by atoms with Gasteiger partial charge in [-0.3, -0.25) is 4.90 Å². The molecule has 5 heteroatoms. The van der Waals surface area contributed by atoms with E-state index in [9.17, 15) is 14.7 Å². The molecule has 1 aliphatic heterocycles. The van der Waals surface area contributed by atoms with Crippen LogP contribution in [0.25, 0.3) is 0 Å². The molecule has 0 radical (unpaired) electrons. The van der Waals surface area contributed by atoms with Crippen molar-refractivity contribution in [1.29, 1.82) is 0 Å². The van der Waals surface area contributed by atoms with Crippen molar-refractivity contribution in [3.05, 3.63) is 35.9 Å². The van der Waals surface area contributed by atoms with Gasteiger partial charge in [-0.05, 0) is 24.3 Å². The second kappa shape index (κ2) is 6.41. The molecule has 0 aliphatic carbocycles. The summed E-state index contributed by atoms with van der Waals surface area (Å²) in [4.78, 5) is 24.6. The number of rotatable bonds is 3. The van der Waals surface area contributed by atoms with E-state index in [1.54, 1.807) is 0 Å². The minimum atomic E-state index is -0.964. The molecule has 0 saturated carbocycles. The van der Waals surface area contributed by atoms with Gasteiger partial charge in [0.15, 0.2) is 0 Å². The van der Waals surface area contributed by atoms with Gasteiger partial charge in [0.05, 0.1) is 0 Å². The molecule has 1 heterocycles. The Bertz CT molecular complexity index is 474. The maximum Gasteiger partial charge on any atom is 0.410 e. The fraction of sp³-hybridized carbons (Fsp3) is 0.467. The van der Waals surface area contributed by atoms with Gasteiger partial charge in [-0.15, -0.1) is 0 Å². The number of nitrogens with zero attached hydrogens (tertiary/aromatic N) is 1. The zero-order valence-corrected chi connectivity index (χ0v) is 11.5. The van der Waals surface area contributed by atoms with Crippen LogP contribution in [0.4, 0.5) is 4.79 Å². The van der Waals surface area contributed by atoms with Gasteiger partial charge in [-0.2, -0.15) is 0 Å². The Kier molecular flexibility index (Phi) is 4.61. The molecule has 0 aromatic heterocycles. The second-order valence-electron chi connectivity index (χ2n) is 5.23. The molecule has 1 aromatic rings. The van der Waals surface area contributed by atoms with E-state index in [0.717, 1.165) is 12.0 Å². The zero-order valence-electron chi connectivity index (χ0n) is 11.5. The van der Waals surface area contributed by atoms with Gasteiger partial charge < -0.3 is 9.84 Å². The van der Waals surface area contributed by atoms with Gasteiger partial charge in [-0.1, -0.05) is 37.3 Å². The highest BCUT2D eigenvalue weighted by atomic mass is 16.6. The standard InChI is InChI=1S/C15H19NO4/c1-11-7-8-13(14(17)18)16(9-11)15(19)20-10-12-5-3-2-4-6-12/h2-6,11,13H,7-10H2,1H3,(H,17,18)/t11-,13-/m0/s1. The smallest absolute Gasteiger partial charge is 0.410 e. The number of hydrogen-bond donors (Lipinski definition) is 1. The second-order valence-corrected chi connectivity index (χ2v) is 5.23. The van der Waals surface area contributed by atoms with Crippen LogP contribution in [-0.4, -0.2) is 34.7 Å². The third kappa shape index (κ3) is 3.50. The molecule has 0 bridgehead atoms. The number of piperidine rings is 1. The topological polar surface area (TPSA) is 66.8 Å². The number of aliphatic carboxylic acids is 1. The average Bonchev–Trinajstić information content (AvgIpc) is 2.45. The number of amides is 1. The number of carboxylic acids is 1. The van der Waals surface area contributed by atoms with E-state index in [1.807, 2.05) is 37.3 Å². The van der Waals surface area contributed by atoms with E-state index in [-0.39, 0.29) is 6.61 Å². The Morgan fingerprint density at radius 3 is 2.65 bits per heavy atom. The zero-order chi connectivity index (χ0) is 14.5. The third-order valence-corrected chi connectivity index (χ3v) is 3.54. The van der Waals surface area contributed by atoms with Crippen molar-refractivity contribution in [3.8, 4) is 0 Å². The highest BCUT2D eigenvalue weighted by Gasteiger charge is 2.35. The van der Waals surface area contributed by atoms with Crippen molar-refractivity contribution in [2.24, 2.45) is 5.92 Å². The van der Waals surface area contributed by atoms with E-state index in [2.05, 4.69) is 0 Å². The lowest BCUT2D eigenvalue weighted by Crippen LogP contribution is -2.50. The van der Waals surface area contributed by atoms with E-state index < -0.39 is 18.1 Å². The highest BCUT2D eigenvalue weighted by Crippen LogP contribution is 2.23. The number of ether oxygens (including phenoxy) is 1. The van der Waals surface area contributed by atoms with Gasteiger partial charge in [0.1, 0.15) is 12.6 Å². The summed E-state index contributed by atoms with van der Waals surface area (Å²) in [5.41, 5.74) is 0.887. The van der Waals surface area contributed by atoms with E-state index in [0.29, 0.717) is 18.9 Å². The Morgan fingerprint density at radius 1 is 1.30 bits per heavy atom. The normalized spacial score (nSPS) is 22.4. The summed E-state index contributed by atoms with van der Waals surface area (Å²) in [5, 5.41) is 9.18. The van der Waals surface area contributed by atoms with Crippen molar-refractivity contribution in [1.82, 2.24) is 4.90 Å². The molecule has 5 nitrogen and oxygen atoms in total. The minimum Gasteiger partial charge on any atom is -0.480 e. The molecule has 1 aromatic carbocycles. The molecule has 0 spiro atoms. The van der Waals surface area contributed by atoms with Crippen molar-refractivity contribution >= 4 is 12.1 Å². The number of carbonyl (C=O) groups excluding carboxylic acids is 1. The molecule has 20 heavy (non-hydrogen) atoms. The Balaban J connectivity index is 1.97. The Labute approximate surface area is 118 Å². The minimum absolute atomic E-state index is 0.164. The molecule has 1 saturated heterocycles. The van der Waals surface area contributed by atoms with Gasteiger partial charge in [0, 0.05) is 6.54 Å². The van der Waals surface area contributed by atoms with Crippen molar-refractivity contribution < 1.29 is 19.4 Å². The lowest BCUT2D eigenvalue weighted by molar-refractivity contribution is -0.144.